The standard InChI is InChI=1S/C10H17N3O3/c1-8-9(14)11-2-3-13(8)10(15)12-4-6-16-7-5-12/h8H,2-7H2,1H3,(H,11,14). The number of nitrogens with zero attached hydrogens (tertiary/aromatic N) is 2. The molecule has 0 aromatic heterocycles. The lowest BCUT2D eigenvalue weighted by atomic mass is 10.2. The Morgan fingerprint density at radius 1 is 1.38 bits per heavy atom. The van der Waals surface area contributed by atoms with Gasteiger partial charge in [0, 0.05) is 26.2 Å². The predicted octanol–water partition coefficient (Wildman–Crippen LogP) is -0.741. The SMILES string of the molecule is CC1C(=O)NCCN1C(=O)N1CCOCC1. The van der Waals surface area contributed by atoms with Crippen molar-refractivity contribution in [3.8, 4) is 0 Å². The highest BCUT2D eigenvalue weighted by molar-refractivity contribution is 5.87. The summed E-state index contributed by atoms with van der Waals surface area (Å²) < 4.78 is 5.19. The lowest BCUT2D eigenvalue weighted by Crippen LogP contribution is -2.60. The van der Waals surface area contributed by atoms with Gasteiger partial charge >= 0.3 is 6.03 Å². The number of ether oxygens (including phenoxy) is 1. The van der Waals surface area contributed by atoms with E-state index in [2.05, 4.69) is 5.32 Å². The maximum absolute atomic E-state index is 12.1. The summed E-state index contributed by atoms with van der Waals surface area (Å²) in [5, 5.41) is 2.74. The number of amides is 3. The number of morpholine rings is 1. The molecule has 2 rings (SSSR count). The van der Waals surface area contributed by atoms with Gasteiger partial charge in [0.25, 0.3) is 0 Å². The second-order valence-electron chi connectivity index (χ2n) is 4.04. The van der Waals surface area contributed by atoms with Crippen molar-refractivity contribution in [2.75, 3.05) is 39.4 Å². The number of piperazine rings is 1. The maximum Gasteiger partial charge on any atom is 0.320 e. The van der Waals surface area contributed by atoms with Gasteiger partial charge in [0.05, 0.1) is 13.2 Å². The van der Waals surface area contributed by atoms with Crippen LogP contribution in [-0.4, -0.2) is 67.2 Å². The number of rotatable bonds is 0. The van der Waals surface area contributed by atoms with Crippen LogP contribution in [0.2, 0.25) is 0 Å². The van der Waals surface area contributed by atoms with E-state index in [0.717, 1.165) is 0 Å². The molecule has 1 N–H and O–H groups in total. The first-order valence-corrected chi connectivity index (χ1v) is 5.61. The van der Waals surface area contributed by atoms with E-state index in [1.807, 2.05) is 0 Å². The van der Waals surface area contributed by atoms with E-state index >= 15 is 0 Å². The summed E-state index contributed by atoms with van der Waals surface area (Å²) in [6.07, 6.45) is 0. The average molecular weight is 227 g/mol. The van der Waals surface area contributed by atoms with Gasteiger partial charge in [0.15, 0.2) is 0 Å². The molecular weight excluding hydrogens is 210 g/mol. The van der Waals surface area contributed by atoms with Gasteiger partial charge in [-0.2, -0.15) is 0 Å². The molecule has 90 valence electrons. The fourth-order valence-corrected chi connectivity index (χ4v) is 1.98. The minimum absolute atomic E-state index is 0.0503. The highest BCUT2D eigenvalue weighted by Gasteiger charge is 2.32. The van der Waals surface area contributed by atoms with Crippen LogP contribution in [-0.2, 0) is 9.53 Å². The molecule has 0 saturated carbocycles. The van der Waals surface area contributed by atoms with Gasteiger partial charge in [-0.1, -0.05) is 0 Å². The zero-order chi connectivity index (χ0) is 11.5. The Labute approximate surface area is 94.5 Å². The second kappa shape index (κ2) is 4.69. The Hall–Kier alpha value is -1.30. The van der Waals surface area contributed by atoms with Crippen molar-refractivity contribution in [1.29, 1.82) is 0 Å². The molecule has 0 aliphatic carbocycles. The van der Waals surface area contributed by atoms with Crippen molar-refractivity contribution < 1.29 is 14.3 Å². The Morgan fingerprint density at radius 2 is 2.06 bits per heavy atom. The molecule has 0 aromatic carbocycles. The van der Waals surface area contributed by atoms with Gasteiger partial charge in [-0.15, -0.1) is 0 Å². The summed E-state index contributed by atoms with van der Waals surface area (Å²) in [6, 6.07) is -0.422. The average Bonchev–Trinajstić information content (AvgIpc) is 2.33. The first kappa shape index (κ1) is 11.2. The van der Waals surface area contributed by atoms with Crippen LogP contribution in [0.25, 0.3) is 0 Å². The fraction of sp³-hybridized carbons (Fsp3) is 0.800. The van der Waals surface area contributed by atoms with Crippen LogP contribution in [0.1, 0.15) is 6.92 Å². The quantitative estimate of drug-likeness (QED) is 0.593. The summed E-state index contributed by atoms with van der Waals surface area (Å²) in [6.45, 7) is 5.28. The predicted molar refractivity (Wildman–Crippen MR) is 57.0 cm³/mol. The smallest absolute Gasteiger partial charge is 0.320 e. The number of carbonyl (C=O) groups excluding carboxylic acids is 2. The second-order valence-corrected chi connectivity index (χ2v) is 4.04. The lowest BCUT2D eigenvalue weighted by Gasteiger charge is -2.38. The summed E-state index contributed by atoms with van der Waals surface area (Å²) in [7, 11) is 0. The number of hydrogen-bond donors (Lipinski definition) is 1. The minimum Gasteiger partial charge on any atom is -0.378 e. The molecule has 16 heavy (non-hydrogen) atoms. The normalized spacial score (nSPS) is 26.6. The van der Waals surface area contributed by atoms with Crippen molar-refractivity contribution in [2.24, 2.45) is 0 Å². The summed E-state index contributed by atoms with van der Waals surface area (Å²) >= 11 is 0. The van der Waals surface area contributed by atoms with E-state index in [-0.39, 0.29) is 18.0 Å². The lowest BCUT2D eigenvalue weighted by molar-refractivity contribution is -0.127. The third-order valence-electron chi connectivity index (χ3n) is 3.03. The van der Waals surface area contributed by atoms with Crippen molar-refractivity contribution in [3.05, 3.63) is 0 Å². The van der Waals surface area contributed by atoms with Crippen LogP contribution in [0, 0.1) is 0 Å². The summed E-state index contributed by atoms with van der Waals surface area (Å²) in [5.41, 5.74) is 0. The first-order valence-electron chi connectivity index (χ1n) is 5.61. The van der Waals surface area contributed by atoms with Gasteiger partial charge in [-0.25, -0.2) is 4.79 Å². The number of nitrogens with one attached hydrogen (secondary N) is 1. The molecule has 0 bridgehead atoms. The maximum atomic E-state index is 12.1. The van der Waals surface area contributed by atoms with Crippen LogP contribution in [0.15, 0.2) is 0 Å². The Bertz CT molecular complexity index is 289. The van der Waals surface area contributed by atoms with E-state index in [0.29, 0.717) is 39.4 Å². The van der Waals surface area contributed by atoms with Crippen LogP contribution in [0.5, 0.6) is 0 Å². The highest BCUT2D eigenvalue weighted by atomic mass is 16.5. The number of carbonyl (C=O) groups is 2. The minimum atomic E-state index is -0.371. The molecule has 2 heterocycles. The topological polar surface area (TPSA) is 61.9 Å². The third-order valence-corrected chi connectivity index (χ3v) is 3.03. The molecule has 0 aromatic rings. The van der Waals surface area contributed by atoms with Crippen LogP contribution in [0.4, 0.5) is 4.79 Å². The van der Waals surface area contributed by atoms with Gasteiger partial charge in [-0.3, -0.25) is 4.79 Å². The Kier molecular flexibility index (Phi) is 3.28. The number of urea groups is 1. The van der Waals surface area contributed by atoms with Crippen LogP contribution in [0.3, 0.4) is 0 Å². The molecule has 6 heteroatoms. The van der Waals surface area contributed by atoms with Crippen molar-refractivity contribution in [1.82, 2.24) is 15.1 Å². The molecular formula is C10H17N3O3. The van der Waals surface area contributed by atoms with Crippen LogP contribution < -0.4 is 5.32 Å². The van der Waals surface area contributed by atoms with Crippen molar-refractivity contribution in [3.63, 3.8) is 0 Å². The van der Waals surface area contributed by atoms with E-state index in [4.69, 9.17) is 4.74 Å². The molecule has 0 spiro atoms. The monoisotopic (exact) mass is 227 g/mol. The molecule has 3 amide bonds. The molecule has 0 radical (unpaired) electrons. The van der Waals surface area contributed by atoms with Gasteiger partial charge in [-0.05, 0) is 6.92 Å². The molecule has 2 aliphatic heterocycles. The highest BCUT2D eigenvalue weighted by Crippen LogP contribution is 2.09. The third kappa shape index (κ3) is 2.11. The summed E-state index contributed by atoms with van der Waals surface area (Å²) in [5.74, 6) is -0.0761. The Morgan fingerprint density at radius 3 is 2.75 bits per heavy atom. The first-order chi connectivity index (χ1) is 7.70. The van der Waals surface area contributed by atoms with Crippen LogP contribution >= 0.6 is 0 Å². The van der Waals surface area contributed by atoms with E-state index in [1.165, 1.54) is 0 Å². The molecule has 2 fully saturated rings. The number of hydrogen-bond acceptors (Lipinski definition) is 3. The molecule has 6 nitrogen and oxygen atoms in total. The van der Waals surface area contributed by atoms with Gasteiger partial charge in [0.2, 0.25) is 5.91 Å². The largest absolute Gasteiger partial charge is 0.378 e. The zero-order valence-electron chi connectivity index (χ0n) is 9.44. The van der Waals surface area contributed by atoms with E-state index < -0.39 is 0 Å². The van der Waals surface area contributed by atoms with E-state index in [1.54, 1.807) is 16.7 Å². The fourth-order valence-electron chi connectivity index (χ4n) is 1.98. The molecule has 1 atom stereocenters. The molecule has 2 aliphatic rings. The van der Waals surface area contributed by atoms with Crippen molar-refractivity contribution in [2.45, 2.75) is 13.0 Å². The zero-order valence-corrected chi connectivity index (χ0v) is 9.44. The van der Waals surface area contributed by atoms with Gasteiger partial charge < -0.3 is 19.9 Å². The van der Waals surface area contributed by atoms with E-state index in [9.17, 15) is 9.59 Å². The molecule has 1 unspecified atom stereocenters. The van der Waals surface area contributed by atoms with Crippen molar-refractivity contribution >= 4 is 11.9 Å². The Balaban J connectivity index is 1.99. The van der Waals surface area contributed by atoms with Gasteiger partial charge in [0.1, 0.15) is 6.04 Å². The molecule has 2 saturated heterocycles. The summed E-state index contributed by atoms with van der Waals surface area (Å²) in [4.78, 5) is 26.9.